The van der Waals surface area contributed by atoms with Crippen LogP contribution in [0.4, 0.5) is 0 Å². The second kappa shape index (κ2) is 9.21. The number of rotatable bonds is 8. The van der Waals surface area contributed by atoms with Gasteiger partial charge >= 0.3 is 0 Å². The molecule has 0 aliphatic carbocycles. The zero-order valence-corrected chi connectivity index (χ0v) is 15.5. The van der Waals surface area contributed by atoms with Crippen molar-refractivity contribution in [2.45, 2.75) is 19.7 Å². The molecule has 138 valence electrons. The van der Waals surface area contributed by atoms with Crippen LogP contribution in [0, 0.1) is 0 Å². The van der Waals surface area contributed by atoms with Gasteiger partial charge in [-0.05, 0) is 35.9 Å². The number of carboxylic acid groups (broad SMARTS) is 1. The lowest BCUT2D eigenvalue weighted by molar-refractivity contribution is -0.686. The third-order valence-corrected chi connectivity index (χ3v) is 4.59. The monoisotopic (exact) mass is 381 g/mol. The molecule has 0 fully saturated rings. The van der Waals surface area contributed by atoms with Gasteiger partial charge in [0, 0.05) is 21.7 Å². The second-order valence-corrected chi connectivity index (χ2v) is 6.61. The van der Waals surface area contributed by atoms with E-state index < -0.39 is 5.97 Å². The Morgan fingerprint density at radius 2 is 1.48 bits per heavy atom. The first-order valence-corrected chi connectivity index (χ1v) is 9.07. The molecule has 0 saturated carbocycles. The Morgan fingerprint density at radius 3 is 2.07 bits per heavy atom. The smallest absolute Gasteiger partial charge is 0.119 e. The van der Waals surface area contributed by atoms with Crippen molar-refractivity contribution >= 4 is 17.6 Å². The standard InChI is InChI=1S/C22H20ClNO3/c23-21-4-2-1-3-19(21)15-27-20-11-7-17(8-12-20)14-24-13-16-5-9-18(10-6-16)22(25)26/h1-12,24H,13-15H2,(H,25,26). The maximum atomic E-state index is 10.7. The van der Waals surface area contributed by atoms with Crippen LogP contribution >= 0.6 is 11.6 Å². The van der Waals surface area contributed by atoms with Gasteiger partial charge in [-0.3, -0.25) is 0 Å². The Kier molecular flexibility index (Phi) is 6.47. The lowest BCUT2D eigenvalue weighted by Crippen LogP contribution is -2.80. The summed E-state index contributed by atoms with van der Waals surface area (Å²) < 4.78 is 5.78. The SMILES string of the molecule is O=C([O-])c1ccc(C[NH2+]Cc2ccc(OCc3ccccc3Cl)cc2)cc1. The molecule has 0 radical (unpaired) electrons. The van der Waals surface area contributed by atoms with Gasteiger partial charge in [-0.1, -0.05) is 54.1 Å². The van der Waals surface area contributed by atoms with Crippen LogP contribution in [-0.2, 0) is 19.7 Å². The van der Waals surface area contributed by atoms with E-state index in [1.54, 1.807) is 12.1 Å². The first-order valence-electron chi connectivity index (χ1n) is 8.69. The predicted octanol–water partition coefficient (Wildman–Crippen LogP) is 2.55. The van der Waals surface area contributed by atoms with Crippen molar-refractivity contribution in [3.05, 3.63) is 100 Å². The summed E-state index contributed by atoms with van der Waals surface area (Å²) in [6, 6.07) is 22.4. The van der Waals surface area contributed by atoms with Gasteiger partial charge in [0.15, 0.2) is 0 Å². The third kappa shape index (κ3) is 5.58. The molecule has 0 bridgehead atoms. The van der Waals surface area contributed by atoms with E-state index in [9.17, 15) is 9.90 Å². The number of hydrogen-bond donors (Lipinski definition) is 1. The molecule has 0 unspecified atom stereocenters. The minimum atomic E-state index is -1.15. The molecule has 0 spiro atoms. The quantitative estimate of drug-likeness (QED) is 0.652. The highest BCUT2D eigenvalue weighted by atomic mass is 35.5. The second-order valence-electron chi connectivity index (χ2n) is 6.21. The molecule has 3 rings (SSSR count). The van der Waals surface area contributed by atoms with Crippen LogP contribution in [0.25, 0.3) is 0 Å². The van der Waals surface area contributed by atoms with Crippen LogP contribution in [0.5, 0.6) is 5.75 Å². The Bertz CT molecular complexity index is 892. The van der Waals surface area contributed by atoms with Crippen LogP contribution in [0.3, 0.4) is 0 Å². The first kappa shape index (κ1) is 19.0. The Balaban J connectivity index is 1.46. The Hall–Kier alpha value is -2.82. The van der Waals surface area contributed by atoms with Crippen molar-refractivity contribution in [3.63, 3.8) is 0 Å². The molecule has 0 amide bonds. The number of carbonyl (C=O) groups excluding carboxylic acids is 1. The number of benzene rings is 3. The average Bonchev–Trinajstić information content (AvgIpc) is 2.69. The summed E-state index contributed by atoms with van der Waals surface area (Å²) in [4.78, 5) is 10.7. The molecule has 5 heteroatoms. The molecular weight excluding hydrogens is 362 g/mol. The summed E-state index contributed by atoms with van der Waals surface area (Å²) in [6.07, 6.45) is 0. The lowest BCUT2D eigenvalue weighted by Gasteiger charge is -2.08. The van der Waals surface area contributed by atoms with E-state index in [2.05, 4.69) is 5.32 Å². The first-order chi connectivity index (χ1) is 13.1. The number of halogens is 1. The molecule has 0 aliphatic heterocycles. The zero-order valence-electron chi connectivity index (χ0n) is 14.7. The fraction of sp³-hybridized carbons (Fsp3) is 0.136. The van der Waals surface area contributed by atoms with Crippen LogP contribution in [0.1, 0.15) is 27.0 Å². The van der Waals surface area contributed by atoms with E-state index in [-0.39, 0.29) is 5.56 Å². The molecule has 0 heterocycles. The summed E-state index contributed by atoms with van der Waals surface area (Å²) in [6.45, 7) is 2.04. The van der Waals surface area contributed by atoms with Crippen molar-refractivity contribution in [2.24, 2.45) is 0 Å². The van der Waals surface area contributed by atoms with Crippen molar-refractivity contribution < 1.29 is 20.0 Å². The van der Waals surface area contributed by atoms with Crippen molar-refractivity contribution in [1.82, 2.24) is 0 Å². The van der Waals surface area contributed by atoms with Gasteiger partial charge in [-0.15, -0.1) is 0 Å². The normalized spacial score (nSPS) is 10.6. The zero-order chi connectivity index (χ0) is 19.1. The number of nitrogens with two attached hydrogens (primary N) is 1. The number of carbonyl (C=O) groups is 1. The molecule has 0 aliphatic rings. The molecule has 3 aromatic rings. The molecule has 0 aromatic heterocycles. The highest BCUT2D eigenvalue weighted by Crippen LogP contribution is 2.18. The van der Waals surface area contributed by atoms with E-state index in [1.165, 1.54) is 5.56 Å². The van der Waals surface area contributed by atoms with E-state index in [1.807, 2.05) is 60.7 Å². The van der Waals surface area contributed by atoms with Crippen molar-refractivity contribution in [3.8, 4) is 5.75 Å². The molecule has 3 aromatic carbocycles. The number of aromatic carboxylic acids is 1. The molecule has 4 nitrogen and oxygen atoms in total. The van der Waals surface area contributed by atoms with Gasteiger partial charge in [0.2, 0.25) is 0 Å². The average molecular weight is 382 g/mol. The third-order valence-electron chi connectivity index (χ3n) is 4.23. The van der Waals surface area contributed by atoms with Gasteiger partial charge in [0.25, 0.3) is 0 Å². The fourth-order valence-electron chi connectivity index (χ4n) is 2.68. The number of quaternary nitrogens is 1. The molecule has 0 saturated heterocycles. The van der Waals surface area contributed by atoms with E-state index >= 15 is 0 Å². The van der Waals surface area contributed by atoms with E-state index in [0.29, 0.717) is 11.6 Å². The van der Waals surface area contributed by atoms with Gasteiger partial charge < -0.3 is 20.0 Å². The highest BCUT2D eigenvalue weighted by molar-refractivity contribution is 6.31. The maximum absolute atomic E-state index is 10.7. The van der Waals surface area contributed by atoms with Crippen LogP contribution in [0.2, 0.25) is 5.02 Å². The Morgan fingerprint density at radius 1 is 0.889 bits per heavy atom. The predicted molar refractivity (Wildman–Crippen MR) is 102 cm³/mol. The van der Waals surface area contributed by atoms with Crippen molar-refractivity contribution in [1.29, 1.82) is 0 Å². The fourth-order valence-corrected chi connectivity index (χ4v) is 2.87. The van der Waals surface area contributed by atoms with Crippen molar-refractivity contribution in [2.75, 3.05) is 0 Å². The summed E-state index contributed by atoms with van der Waals surface area (Å²) in [5, 5.41) is 13.6. The summed E-state index contributed by atoms with van der Waals surface area (Å²) in [7, 11) is 0. The van der Waals surface area contributed by atoms with Crippen LogP contribution in [-0.4, -0.2) is 5.97 Å². The number of ether oxygens (including phenoxy) is 1. The van der Waals surface area contributed by atoms with Gasteiger partial charge in [0.1, 0.15) is 25.4 Å². The largest absolute Gasteiger partial charge is 0.545 e. The number of carboxylic acids is 1. The maximum Gasteiger partial charge on any atom is 0.119 e. The Labute approximate surface area is 163 Å². The minimum absolute atomic E-state index is 0.200. The van der Waals surface area contributed by atoms with Gasteiger partial charge in [-0.25, -0.2) is 0 Å². The molecule has 2 N–H and O–H groups in total. The summed E-state index contributed by atoms with van der Waals surface area (Å²) in [5.41, 5.74) is 3.42. The van der Waals surface area contributed by atoms with Crippen LogP contribution in [0.15, 0.2) is 72.8 Å². The van der Waals surface area contributed by atoms with Gasteiger partial charge in [0.05, 0.1) is 5.97 Å². The van der Waals surface area contributed by atoms with Crippen LogP contribution < -0.4 is 15.2 Å². The highest BCUT2D eigenvalue weighted by Gasteiger charge is 2.02. The molecule has 0 atom stereocenters. The van der Waals surface area contributed by atoms with Gasteiger partial charge in [-0.2, -0.15) is 0 Å². The molecular formula is C22H20ClNO3. The van der Waals surface area contributed by atoms with E-state index in [4.69, 9.17) is 16.3 Å². The number of hydrogen-bond acceptors (Lipinski definition) is 3. The topological polar surface area (TPSA) is 66.0 Å². The minimum Gasteiger partial charge on any atom is -0.545 e. The van der Waals surface area contributed by atoms with E-state index in [0.717, 1.165) is 30.0 Å². The summed E-state index contributed by atoms with van der Waals surface area (Å²) >= 11 is 6.13. The lowest BCUT2D eigenvalue weighted by atomic mass is 10.1. The summed E-state index contributed by atoms with van der Waals surface area (Å²) in [5.74, 6) is -0.348. The molecule has 27 heavy (non-hydrogen) atoms.